The minimum atomic E-state index is 0.149. The van der Waals surface area contributed by atoms with Crippen molar-refractivity contribution in [3.63, 3.8) is 0 Å². The number of piperidine rings is 1. The summed E-state index contributed by atoms with van der Waals surface area (Å²) in [6.07, 6.45) is 4.70. The van der Waals surface area contributed by atoms with Crippen LogP contribution in [0.2, 0.25) is 0 Å². The zero-order valence-electron chi connectivity index (χ0n) is 15.2. The van der Waals surface area contributed by atoms with Crippen LogP contribution in [0.1, 0.15) is 41.6 Å². The lowest BCUT2D eigenvalue weighted by molar-refractivity contribution is 0.0681. The lowest BCUT2D eigenvalue weighted by Gasteiger charge is -2.35. The highest BCUT2D eigenvalue weighted by molar-refractivity contribution is 7.98. The monoisotopic (exact) mass is 366 g/mol. The van der Waals surface area contributed by atoms with Crippen molar-refractivity contribution in [3.8, 4) is 0 Å². The van der Waals surface area contributed by atoms with E-state index < -0.39 is 0 Å². The molecule has 1 amide bonds. The summed E-state index contributed by atoms with van der Waals surface area (Å²) < 4.78 is 0. The van der Waals surface area contributed by atoms with Gasteiger partial charge in [0.15, 0.2) is 0 Å². The average molecular weight is 367 g/mol. The molecule has 2 heterocycles. The van der Waals surface area contributed by atoms with Gasteiger partial charge in [-0.15, -0.1) is 11.8 Å². The number of benzene rings is 2. The first-order valence-corrected chi connectivity index (χ1v) is 10.5. The summed E-state index contributed by atoms with van der Waals surface area (Å²) in [5.41, 5.74) is 2.11. The molecule has 2 aromatic carbocycles. The SMILES string of the molecule is CN(C(=O)c1ccc(SCc2ccccc2)cc1)C1CC2CCC(C1)N2. The molecule has 2 unspecified atom stereocenters. The van der Waals surface area contributed by atoms with Crippen LogP contribution in [0.4, 0.5) is 0 Å². The van der Waals surface area contributed by atoms with E-state index in [-0.39, 0.29) is 5.91 Å². The smallest absolute Gasteiger partial charge is 0.253 e. The van der Waals surface area contributed by atoms with Gasteiger partial charge in [0.25, 0.3) is 5.91 Å². The summed E-state index contributed by atoms with van der Waals surface area (Å²) in [5.74, 6) is 1.10. The Morgan fingerprint density at radius 2 is 1.69 bits per heavy atom. The van der Waals surface area contributed by atoms with Crippen LogP contribution in [0.5, 0.6) is 0 Å². The summed E-state index contributed by atoms with van der Waals surface area (Å²) in [4.78, 5) is 16.0. The van der Waals surface area contributed by atoms with Crippen LogP contribution >= 0.6 is 11.8 Å². The van der Waals surface area contributed by atoms with E-state index >= 15 is 0 Å². The predicted octanol–water partition coefficient (Wildman–Crippen LogP) is 4.33. The third-order valence-electron chi connectivity index (χ3n) is 5.67. The van der Waals surface area contributed by atoms with Gasteiger partial charge in [-0.1, -0.05) is 30.3 Å². The van der Waals surface area contributed by atoms with Crippen LogP contribution in [-0.4, -0.2) is 36.0 Å². The Morgan fingerprint density at radius 3 is 2.35 bits per heavy atom. The molecule has 136 valence electrons. The number of amides is 1. The molecule has 2 atom stereocenters. The highest BCUT2D eigenvalue weighted by Crippen LogP contribution is 2.30. The van der Waals surface area contributed by atoms with E-state index in [1.807, 2.05) is 30.1 Å². The fraction of sp³-hybridized carbons (Fsp3) is 0.409. The van der Waals surface area contributed by atoms with Crippen LogP contribution in [0, 0.1) is 0 Å². The molecule has 3 nitrogen and oxygen atoms in total. The summed E-state index contributed by atoms with van der Waals surface area (Å²) >= 11 is 1.81. The molecular formula is C22H26N2OS. The summed E-state index contributed by atoms with van der Waals surface area (Å²) in [5, 5.41) is 3.65. The molecule has 26 heavy (non-hydrogen) atoms. The molecule has 4 heteroatoms. The third-order valence-corrected chi connectivity index (χ3v) is 6.75. The zero-order chi connectivity index (χ0) is 17.9. The van der Waals surface area contributed by atoms with Gasteiger partial charge in [0.1, 0.15) is 0 Å². The van der Waals surface area contributed by atoms with E-state index in [4.69, 9.17) is 0 Å². The maximum absolute atomic E-state index is 12.9. The molecule has 0 radical (unpaired) electrons. The van der Waals surface area contributed by atoms with Gasteiger partial charge in [0.2, 0.25) is 0 Å². The second-order valence-corrected chi connectivity index (χ2v) is 8.53. The molecule has 0 saturated carbocycles. The normalized spacial score (nSPS) is 24.4. The van der Waals surface area contributed by atoms with Gasteiger partial charge in [0, 0.05) is 41.4 Å². The second-order valence-electron chi connectivity index (χ2n) is 7.48. The first kappa shape index (κ1) is 17.6. The second kappa shape index (κ2) is 7.85. The van der Waals surface area contributed by atoms with Gasteiger partial charge < -0.3 is 10.2 Å². The third kappa shape index (κ3) is 3.97. The molecule has 0 spiro atoms. The van der Waals surface area contributed by atoms with Crippen molar-refractivity contribution in [3.05, 3.63) is 65.7 Å². The Labute approximate surface area is 160 Å². The Hall–Kier alpha value is -1.78. The number of hydrogen-bond acceptors (Lipinski definition) is 3. The number of carbonyl (C=O) groups excluding carboxylic acids is 1. The molecular weight excluding hydrogens is 340 g/mol. The predicted molar refractivity (Wildman–Crippen MR) is 108 cm³/mol. The van der Waals surface area contributed by atoms with Crippen LogP contribution in [0.25, 0.3) is 0 Å². The Balaban J connectivity index is 1.36. The molecule has 4 rings (SSSR count). The van der Waals surface area contributed by atoms with Crippen molar-refractivity contribution in [2.75, 3.05) is 7.05 Å². The van der Waals surface area contributed by atoms with E-state index in [2.05, 4.69) is 41.7 Å². The standard InChI is InChI=1S/C22H26N2OS/c1-24(20-13-18-9-10-19(14-20)23-18)22(25)17-7-11-21(12-8-17)26-15-16-5-3-2-4-6-16/h2-8,11-12,18-20,23H,9-10,13-15H2,1H3. The topological polar surface area (TPSA) is 32.3 Å². The van der Waals surface area contributed by atoms with Gasteiger partial charge in [-0.25, -0.2) is 0 Å². The van der Waals surface area contributed by atoms with Crippen molar-refractivity contribution >= 4 is 17.7 Å². The number of rotatable bonds is 5. The van der Waals surface area contributed by atoms with Gasteiger partial charge in [-0.2, -0.15) is 0 Å². The fourth-order valence-corrected chi connectivity index (χ4v) is 5.00. The minimum absolute atomic E-state index is 0.149. The van der Waals surface area contributed by atoms with Crippen LogP contribution < -0.4 is 5.32 Å². The summed E-state index contributed by atoms with van der Waals surface area (Å²) in [6, 6.07) is 20.1. The number of fused-ring (bicyclic) bond motifs is 2. The van der Waals surface area contributed by atoms with E-state index in [1.165, 1.54) is 23.3 Å². The molecule has 2 fully saturated rings. The molecule has 2 aromatic rings. The van der Waals surface area contributed by atoms with Crippen LogP contribution in [0.15, 0.2) is 59.5 Å². The highest BCUT2D eigenvalue weighted by atomic mass is 32.2. The average Bonchev–Trinajstić information content (AvgIpc) is 3.04. The van der Waals surface area contributed by atoms with Gasteiger partial charge in [0.05, 0.1) is 0 Å². The highest BCUT2D eigenvalue weighted by Gasteiger charge is 2.36. The molecule has 2 saturated heterocycles. The van der Waals surface area contributed by atoms with Crippen molar-refractivity contribution in [1.82, 2.24) is 10.2 Å². The van der Waals surface area contributed by atoms with E-state index in [9.17, 15) is 4.79 Å². The molecule has 0 aromatic heterocycles. The molecule has 2 aliphatic heterocycles. The first-order chi connectivity index (χ1) is 12.7. The lowest BCUT2D eigenvalue weighted by atomic mass is 9.98. The number of nitrogens with one attached hydrogen (secondary N) is 1. The summed E-state index contributed by atoms with van der Waals surface area (Å²) in [7, 11) is 1.97. The van der Waals surface area contributed by atoms with Crippen molar-refractivity contribution in [2.45, 2.75) is 54.5 Å². The maximum Gasteiger partial charge on any atom is 0.253 e. The number of thioether (sulfide) groups is 1. The number of carbonyl (C=O) groups is 1. The zero-order valence-corrected chi connectivity index (χ0v) is 16.0. The van der Waals surface area contributed by atoms with E-state index in [0.29, 0.717) is 18.1 Å². The maximum atomic E-state index is 12.9. The van der Waals surface area contributed by atoms with E-state index in [0.717, 1.165) is 24.2 Å². The quantitative estimate of drug-likeness (QED) is 0.799. The van der Waals surface area contributed by atoms with Crippen molar-refractivity contribution in [2.24, 2.45) is 0 Å². The molecule has 2 aliphatic rings. The fourth-order valence-electron chi connectivity index (χ4n) is 4.15. The van der Waals surface area contributed by atoms with Gasteiger partial charge in [-0.05, 0) is 55.5 Å². The summed E-state index contributed by atoms with van der Waals surface area (Å²) in [6.45, 7) is 0. The molecule has 1 N–H and O–H groups in total. The first-order valence-electron chi connectivity index (χ1n) is 9.49. The van der Waals surface area contributed by atoms with Crippen LogP contribution in [0.3, 0.4) is 0 Å². The van der Waals surface area contributed by atoms with Crippen molar-refractivity contribution < 1.29 is 4.79 Å². The Morgan fingerprint density at radius 1 is 1.04 bits per heavy atom. The van der Waals surface area contributed by atoms with Gasteiger partial charge >= 0.3 is 0 Å². The van der Waals surface area contributed by atoms with Crippen LogP contribution in [-0.2, 0) is 5.75 Å². The number of nitrogens with zero attached hydrogens (tertiary/aromatic N) is 1. The Bertz CT molecular complexity index is 734. The van der Waals surface area contributed by atoms with Crippen molar-refractivity contribution in [1.29, 1.82) is 0 Å². The Kier molecular flexibility index (Phi) is 5.32. The minimum Gasteiger partial charge on any atom is -0.339 e. The number of hydrogen-bond donors (Lipinski definition) is 1. The largest absolute Gasteiger partial charge is 0.339 e. The van der Waals surface area contributed by atoms with E-state index in [1.54, 1.807) is 11.8 Å². The molecule has 0 aliphatic carbocycles. The van der Waals surface area contributed by atoms with Gasteiger partial charge in [-0.3, -0.25) is 4.79 Å². The molecule has 2 bridgehead atoms. The lowest BCUT2D eigenvalue weighted by Crippen LogP contribution is -2.48.